The molecule has 2 amide bonds. The molecule has 2 N–H and O–H groups in total. The Kier molecular flexibility index (Phi) is 5.94. The summed E-state index contributed by atoms with van der Waals surface area (Å²) in [5.41, 5.74) is 4.69. The molecule has 9 nitrogen and oxygen atoms in total. The van der Waals surface area contributed by atoms with Crippen LogP contribution in [0.2, 0.25) is 0 Å². The smallest absolute Gasteiger partial charge is 0.324 e. The molecular formula is C26H31N7O2. The molecule has 1 aliphatic rings. The van der Waals surface area contributed by atoms with Crippen LogP contribution in [0, 0.1) is 0 Å². The number of urea groups is 1. The number of hydrogen-bond donors (Lipinski definition) is 2. The fourth-order valence-electron chi connectivity index (χ4n) is 4.13. The number of imidazole rings is 1. The third-order valence-corrected chi connectivity index (χ3v) is 6.29. The highest BCUT2D eigenvalue weighted by atomic mass is 16.5. The Morgan fingerprint density at radius 3 is 2.34 bits per heavy atom. The Morgan fingerprint density at radius 1 is 0.943 bits per heavy atom. The number of nitrogens with zero attached hydrogens (tertiary/aromatic N) is 5. The van der Waals surface area contributed by atoms with Gasteiger partial charge in [-0.3, -0.25) is 9.88 Å². The van der Waals surface area contributed by atoms with Crippen molar-refractivity contribution in [3.05, 3.63) is 60.6 Å². The van der Waals surface area contributed by atoms with E-state index < -0.39 is 0 Å². The average Bonchev–Trinajstić information content (AvgIpc) is 3.47. The molecule has 5 rings (SSSR count). The van der Waals surface area contributed by atoms with Gasteiger partial charge in [-0.1, -0.05) is 25.9 Å². The highest BCUT2D eigenvalue weighted by Gasteiger charge is 2.20. The largest absolute Gasteiger partial charge is 0.369 e. The number of benzene rings is 2. The molecule has 0 aliphatic carbocycles. The van der Waals surface area contributed by atoms with Crippen molar-refractivity contribution in [2.24, 2.45) is 0 Å². The van der Waals surface area contributed by atoms with Gasteiger partial charge in [0.05, 0.1) is 11.0 Å². The van der Waals surface area contributed by atoms with Gasteiger partial charge in [-0.2, -0.15) is 0 Å². The number of amides is 2. The molecule has 2 aromatic heterocycles. The van der Waals surface area contributed by atoms with Crippen molar-refractivity contribution < 1.29 is 9.32 Å². The van der Waals surface area contributed by atoms with Gasteiger partial charge >= 0.3 is 6.03 Å². The molecule has 182 valence electrons. The quantitative estimate of drug-likeness (QED) is 0.446. The van der Waals surface area contributed by atoms with Crippen LogP contribution < -0.4 is 15.5 Å². The number of rotatable bonds is 4. The van der Waals surface area contributed by atoms with Crippen LogP contribution >= 0.6 is 0 Å². The summed E-state index contributed by atoms with van der Waals surface area (Å²) in [6.07, 6.45) is 1.84. The van der Waals surface area contributed by atoms with Crippen molar-refractivity contribution in [1.29, 1.82) is 0 Å². The zero-order valence-electron chi connectivity index (χ0n) is 20.6. The van der Waals surface area contributed by atoms with Crippen LogP contribution in [0.15, 0.2) is 59.4 Å². The van der Waals surface area contributed by atoms with Gasteiger partial charge in [-0.25, -0.2) is 9.78 Å². The molecule has 0 saturated carbocycles. The van der Waals surface area contributed by atoms with E-state index in [0.717, 1.165) is 42.9 Å². The maximum Gasteiger partial charge on any atom is 0.324 e. The molecule has 0 bridgehead atoms. The minimum absolute atomic E-state index is 0.179. The molecule has 4 aromatic rings. The van der Waals surface area contributed by atoms with Crippen LogP contribution in [0.25, 0.3) is 16.7 Å². The van der Waals surface area contributed by atoms with Gasteiger partial charge in [0.25, 0.3) is 0 Å². The topological polar surface area (TPSA) is 91.5 Å². The van der Waals surface area contributed by atoms with Gasteiger partial charge in [0.1, 0.15) is 12.1 Å². The lowest BCUT2D eigenvalue weighted by atomic mass is 9.93. The summed E-state index contributed by atoms with van der Waals surface area (Å²) >= 11 is 0. The first kappa shape index (κ1) is 22.9. The minimum atomic E-state index is -0.378. The van der Waals surface area contributed by atoms with Crippen LogP contribution in [-0.4, -0.2) is 58.9 Å². The molecule has 3 heterocycles. The van der Waals surface area contributed by atoms with Crippen LogP contribution in [0.3, 0.4) is 0 Å². The van der Waals surface area contributed by atoms with Gasteiger partial charge in [0.15, 0.2) is 5.82 Å². The molecule has 0 radical (unpaired) electrons. The van der Waals surface area contributed by atoms with E-state index in [1.54, 1.807) is 6.07 Å². The number of fused-ring (bicyclic) bond motifs is 1. The van der Waals surface area contributed by atoms with Crippen molar-refractivity contribution in [3.63, 3.8) is 0 Å². The molecule has 9 heteroatoms. The lowest BCUT2D eigenvalue weighted by Gasteiger charge is -2.34. The Hall–Kier alpha value is -3.85. The summed E-state index contributed by atoms with van der Waals surface area (Å²) in [6, 6.07) is 15.5. The Morgan fingerprint density at radius 2 is 1.66 bits per heavy atom. The fourth-order valence-corrected chi connectivity index (χ4v) is 4.13. The monoisotopic (exact) mass is 473 g/mol. The van der Waals surface area contributed by atoms with E-state index in [1.807, 2.05) is 51.4 Å². The van der Waals surface area contributed by atoms with Gasteiger partial charge < -0.3 is 19.6 Å². The van der Waals surface area contributed by atoms with E-state index in [-0.39, 0.29) is 11.4 Å². The highest BCUT2D eigenvalue weighted by Crippen LogP contribution is 2.26. The zero-order chi connectivity index (χ0) is 24.6. The summed E-state index contributed by atoms with van der Waals surface area (Å²) in [5, 5.41) is 9.47. The first-order valence-corrected chi connectivity index (χ1v) is 11.8. The van der Waals surface area contributed by atoms with Gasteiger partial charge in [-0.15, -0.1) is 0 Å². The first-order valence-electron chi connectivity index (χ1n) is 11.8. The maximum atomic E-state index is 12.4. The summed E-state index contributed by atoms with van der Waals surface area (Å²) in [6.45, 7) is 10.2. The molecule has 1 aliphatic heterocycles. The standard InChI is InChI=1S/C26H31N7O2/c1-26(2,3)23-16-24(30-35-23)29-25(34)28-18-5-7-19(8-6-18)33-17-27-21-10-9-20(15-22(21)33)32-13-11-31(4)12-14-32/h5-10,15-17H,11-14H2,1-4H3,(H2,28,29,30,34). The number of nitrogens with one attached hydrogen (secondary N) is 2. The van der Waals surface area contributed by atoms with Crippen LogP contribution in [0.5, 0.6) is 0 Å². The molecule has 1 saturated heterocycles. The molecule has 1 fully saturated rings. The molecule has 35 heavy (non-hydrogen) atoms. The van der Waals surface area contributed by atoms with Gasteiger partial charge in [-0.05, 0) is 49.5 Å². The Bertz CT molecular complexity index is 1330. The van der Waals surface area contributed by atoms with Crippen molar-refractivity contribution in [3.8, 4) is 5.69 Å². The normalized spacial score (nSPS) is 14.9. The van der Waals surface area contributed by atoms with Crippen molar-refractivity contribution >= 4 is 34.3 Å². The van der Waals surface area contributed by atoms with Crippen molar-refractivity contribution in [2.75, 3.05) is 48.8 Å². The summed E-state index contributed by atoms with van der Waals surface area (Å²) < 4.78 is 7.39. The third-order valence-electron chi connectivity index (χ3n) is 6.29. The fraction of sp³-hybridized carbons (Fsp3) is 0.346. The van der Waals surface area contributed by atoms with E-state index in [4.69, 9.17) is 4.52 Å². The number of anilines is 3. The van der Waals surface area contributed by atoms with Crippen LogP contribution in [-0.2, 0) is 5.41 Å². The Labute approximate surface area is 204 Å². The molecule has 0 spiro atoms. The number of carbonyl (C=O) groups excluding carboxylic acids is 1. The lowest BCUT2D eigenvalue weighted by Crippen LogP contribution is -2.44. The highest BCUT2D eigenvalue weighted by molar-refractivity contribution is 5.99. The Balaban J connectivity index is 1.28. The first-order chi connectivity index (χ1) is 16.8. The van der Waals surface area contributed by atoms with Gasteiger partial charge in [0.2, 0.25) is 0 Å². The second kappa shape index (κ2) is 9.07. The van der Waals surface area contributed by atoms with Gasteiger partial charge in [0, 0.05) is 54.7 Å². The van der Waals surface area contributed by atoms with E-state index in [9.17, 15) is 4.79 Å². The summed E-state index contributed by atoms with van der Waals surface area (Å²) in [4.78, 5) is 21.8. The van der Waals surface area contributed by atoms with Crippen molar-refractivity contribution in [1.82, 2.24) is 19.6 Å². The minimum Gasteiger partial charge on any atom is -0.369 e. The number of likely N-dealkylation sites (N-methyl/N-ethyl adjacent to an activating group) is 1. The zero-order valence-corrected chi connectivity index (χ0v) is 20.6. The van der Waals surface area contributed by atoms with E-state index >= 15 is 0 Å². The number of aromatic nitrogens is 3. The van der Waals surface area contributed by atoms with Crippen molar-refractivity contribution in [2.45, 2.75) is 26.2 Å². The van der Waals surface area contributed by atoms with E-state index in [0.29, 0.717) is 17.3 Å². The molecule has 0 atom stereocenters. The predicted molar refractivity (Wildman–Crippen MR) is 139 cm³/mol. The SMILES string of the molecule is CN1CCN(c2ccc3ncn(-c4ccc(NC(=O)Nc5cc(C(C)(C)C)on5)cc4)c3c2)CC1. The second-order valence-electron chi connectivity index (χ2n) is 10.0. The number of hydrogen-bond acceptors (Lipinski definition) is 6. The number of piperazine rings is 1. The number of carbonyl (C=O) groups is 1. The molecule has 2 aromatic carbocycles. The molecule has 0 unspecified atom stereocenters. The second-order valence-corrected chi connectivity index (χ2v) is 10.0. The third kappa shape index (κ3) is 5.00. The predicted octanol–water partition coefficient (Wildman–Crippen LogP) is 4.71. The lowest BCUT2D eigenvalue weighted by molar-refractivity contribution is 0.262. The summed E-state index contributed by atoms with van der Waals surface area (Å²) in [7, 11) is 2.16. The van der Waals surface area contributed by atoms with E-state index in [2.05, 4.69) is 60.4 Å². The van der Waals surface area contributed by atoms with Crippen LogP contribution in [0.1, 0.15) is 26.5 Å². The van der Waals surface area contributed by atoms with Crippen LogP contribution in [0.4, 0.5) is 22.0 Å². The average molecular weight is 474 g/mol. The molecular weight excluding hydrogens is 442 g/mol. The summed E-state index contributed by atoms with van der Waals surface area (Å²) in [5.74, 6) is 1.09. The maximum absolute atomic E-state index is 12.4. The van der Waals surface area contributed by atoms with E-state index in [1.165, 1.54) is 5.69 Å².